The molecule has 0 fully saturated rings. The van der Waals surface area contributed by atoms with Gasteiger partial charge in [-0.2, -0.15) is 26.3 Å². The summed E-state index contributed by atoms with van der Waals surface area (Å²) in [6, 6.07) is 5.35. The smallest absolute Gasteiger partial charge is 0.166 e. The van der Waals surface area contributed by atoms with Crippen molar-refractivity contribution < 1.29 is 26.3 Å². The Balaban J connectivity index is 3.15. The van der Waals surface area contributed by atoms with Gasteiger partial charge in [0.1, 0.15) is 7.92 Å². The highest BCUT2D eigenvalue weighted by molar-refractivity contribution is 7.67. The van der Waals surface area contributed by atoms with Gasteiger partial charge in [-0.05, 0) is 5.30 Å². The SMILES string of the molecule is FC(F)(F)P(c1ccccc1)C(F)(F)F. The molecule has 0 unspecified atom stereocenters. The second-order valence-corrected chi connectivity index (χ2v) is 4.81. The molecule has 1 aromatic rings. The fourth-order valence-corrected chi connectivity index (χ4v) is 2.36. The normalized spacial score (nSPS) is 13.3. The average molecular weight is 246 g/mol. The van der Waals surface area contributed by atoms with Crippen LogP contribution >= 0.6 is 7.92 Å². The molecular weight excluding hydrogens is 241 g/mol. The van der Waals surface area contributed by atoms with E-state index in [1.165, 1.54) is 6.07 Å². The summed E-state index contributed by atoms with van der Waals surface area (Å²) in [6.07, 6.45) is 0. The van der Waals surface area contributed by atoms with Crippen molar-refractivity contribution in [1.29, 1.82) is 0 Å². The number of hydrogen-bond donors (Lipinski definition) is 0. The molecular formula is C8H5F6P. The minimum Gasteiger partial charge on any atom is -0.166 e. The molecule has 0 amide bonds. The molecule has 0 radical (unpaired) electrons. The van der Waals surface area contributed by atoms with Crippen molar-refractivity contribution in [3.05, 3.63) is 30.3 Å². The monoisotopic (exact) mass is 246 g/mol. The van der Waals surface area contributed by atoms with Gasteiger partial charge in [0.25, 0.3) is 0 Å². The predicted octanol–water partition coefficient (Wildman–Crippen LogP) is 3.83. The maximum absolute atomic E-state index is 12.2. The molecule has 0 atom stereocenters. The van der Waals surface area contributed by atoms with Crippen molar-refractivity contribution in [3.8, 4) is 0 Å². The summed E-state index contributed by atoms with van der Waals surface area (Å²) < 4.78 is 73.3. The molecule has 0 saturated carbocycles. The first-order valence-electron chi connectivity index (χ1n) is 3.72. The van der Waals surface area contributed by atoms with Gasteiger partial charge in [0, 0.05) is 0 Å². The first-order valence-corrected chi connectivity index (χ1v) is 5.06. The average Bonchev–Trinajstić information content (AvgIpc) is 2.00. The summed E-state index contributed by atoms with van der Waals surface area (Å²) in [4.78, 5) is 0. The van der Waals surface area contributed by atoms with Gasteiger partial charge in [-0.15, -0.1) is 0 Å². The molecule has 1 rings (SSSR count). The van der Waals surface area contributed by atoms with Gasteiger partial charge in [-0.1, -0.05) is 30.3 Å². The van der Waals surface area contributed by atoms with E-state index < -0.39 is 25.1 Å². The Morgan fingerprint density at radius 2 is 1.13 bits per heavy atom. The molecule has 0 aliphatic carbocycles. The summed E-state index contributed by atoms with van der Waals surface area (Å²) in [5, 5.41) is -0.729. The van der Waals surface area contributed by atoms with Gasteiger partial charge in [0.05, 0.1) is 0 Å². The Morgan fingerprint density at radius 1 is 0.733 bits per heavy atom. The van der Waals surface area contributed by atoms with E-state index in [0.29, 0.717) is 0 Å². The van der Waals surface area contributed by atoms with Crippen LogP contribution in [0.4, 0.5) is 26.3 Å². The molecule has 0 N–H and O–H groups in total. The standard InChI is InChI=1S/C8H5F6P/c9-7(10,11)15(8(12,13)14)6-4-2-1-3-5-6/h1-5H. The molecule has 0 saturated heterocycles. The van der Waals surface area contributed by atoms with Crippen LogP contribution in [0.25, 0.3) is 0 Å². The Bertz CT molecular complexity index is 300. The molecule has 0 aliphatic rings. The van der Waals surface area contributed by atoms with E-state index in [-0.39, 0.29) is 0 Å². The van der Waals surface area contributed by atoms with E-state index in [2.05, 4.69) is 0 Å². The van der Waals surface area contributed by atoms with Crippen LogP contribution in [0.2, 0.25) is 0 Å². The highest BCUT2D eigenvalue weighted by Crippen LogP contribution is 2.63. The lowest BCUT2D eigenvalue weighted by Crippen LogP contribution is -2.25. The zero-order chi connectivity index (χ0) is 11.7. The molecule has 0 bridgehead atoms. The van der Waals surface area contributed by atoms with Crippen molar-refractivity contribution in [1.82, 2.24) is 0 Å². The molecule has 0 spiro atoms. The number of rotatable bonds is 1. The first kappa shape index (κ1) is 12.3. The number of hydrogen-bond acceptors (Lipinski definition) is 0. The lowest BCUT2D eigenvalue weighted by atomic mass is 10.4. The number of halogens is 6. The minimum atomic E-state index is -5.26. The van der Waals surface area contributed by atoms with E-state index in [4.69, 9.17) is 0 Å². The van der Waals surface area contributed by atoms with Crippen LogP contribution in [0.5, 0.6) is 0 Å². The van der Waals surface area contributed by atoms with Crippen LogP contribution in [0.3, 0.4) is 0 Å². The zero-order valence-corrected chi connectivity index (χ0v) is 8.00. The fraction of sp³-hybridized carbons (Fsp3) is 0.250. The lowest BCUT2D eigenvalue weighted by Gasteiger charge is -2.22. The van der Waals surface area contributed by atoms with Gasteiger partial charge in [0.15, 0.2) is 0 Å². The zero-order valence-electron chi connectivity index (χ0n) is 7.10. The Morgan fingerprint density at radius 3 is 1.47 bits per heavy atom. The molecule has 0 nitrogen and oxygen atoms in total. The van der Waals surface area contributed by atoms with Crippen LogP contribution in [-0.2, 0) is 0 Å². The number of benzene rings is 1. The molecule has 0 aliphatic heterocycles. The topological polar surface area (TPSA) is 0 Å². The van der Waals surface area contributed by atoms with Crippen molar-refractivity contribution in [2.24, 2.45) is 0 Å². The molecule has 84 valence electrons. The van der Waals surface area contributed by atoms with Crippen molar-refractivity contribution in [3.63, 3.8) is 0 Å². The van der Waals surface area contributed by atoms with Crippen molar-refractivity contribution in [2.75, 3.05) is 0 Å². The summed E-state index contributed by atoms with van der Waals surface area (Å²) in [5.41, 5.74) is 0. The van der Waals surface area contributed by atoms with Crippen LogP contribution in [0.15, 0.2) is 30.3 Å². The van der Waals surface area contributed by atoms with E-state index in [0.717, 1.165) is 24.3 Å². The molecule has 0 heterocycles. The van der Waals surface area contributed by atoms with Gasteiger partial charge < -0.3 is 0 Å². The largest absolute Gasteiger partial charge is 0.418 e. The van der Waals surface area contributed by atoms with E-state index >= 15 is 0 Å². The minimum absolute atomic E-state index is 0.729. The summed E-state index contributed by atoms with van der Waals surface area (Å²) in [5.74, 6) is -10.5. The quantitative estimate of drug-likeness (QED) is 0.521. The van der Waals surface area contributed by atoms with Crippen LogP contribution < -0.4 is 5.30 Å². The first-order chi connectivity index (χ1) is 6.73. The predicted molar refractivity (Wildman–Crippen MR) is 45.1 cm³/mol. The van der Waals surface area contributed by atoms with Crippen LogP contribution in [-0.4, -0.2) is 11.8 Å². The highest BCUT2D eigenvalue weighted by atomic mass is 31.1. The fourth-order valence-electron chi connectivity index (χ4n) is 1.01. The highest BCUT2D eigenvalue weighted by Gasteiger charge is 2.57. The maximum Gasteiger partial charge on any atom is 0.418 e. The van der Waals surface area contributed by atoms with E-state index in [1.807, 2.05) is 0 Å². The second kappa shape index (κ2) is 4.00. The molecule has 15 heavy (non-hydrogen) atoms. The van der Waals surface area contributed by atoms with Crippen LogP contribution in [0.1, 0.15) is 0 Å². The van der Waals surface area contributed by atoms with Gasteiger partial charge >= 0.3 is 11.8 Å². The molecule has 7 heteroatoms. The van der Waals surface area contributed by atoms with Gasteiger partial charge in [0.2, 0.25) is 0 Å². The summed E-state index contributed by atoms with van der Waals surface area (Å²) >= 11 is 0. The van der Waals surface area contributed by atoms with Crippen LogP contribution in [0, 0.1) is 0 Å². The Hall–Kier alpha value is -0.770. The van der Waals surface area contributed by atoms with Gasteiger partial charge in [-0.25, -0.2) is 0 Å². The van der Waals surface area contributed by atoms with Crippen molar-refractivity contribution in [2.45, 2.75) is 11.8 Å². The van der Waals surface area contributed by atoms with Crippen molar-refractivity contribution >= 4 is 13.2 Å². The third kappa shape index (κ3) is 3.09. The van der Waals surface area contributed by atoms with E-state index in [1.54, 1.807) is 0 Å². The summed E-state index contributed by atoms with van der Waals surface area (Å²) in [6.45, 7) is 0. The molecule has 1 aromatic carbocycles. The Kier molecular flexibility index (Phi) is 3.28. The third-order valence-corrected chi connectivity index (χ3v) is 3.35. The second-order valence-electron chi connectivity index (χ2n) is 2.61. The van der Waals surface area contributed by atoms with E-state index in [9.17, 15) is 26.3 Å². The molecule has 0 aromatic heterocycles. The number of alkyl halides is 6. The maximum atomic E-state index is 12.2. The lowest BCUT2D eigenvalue weighted by molar-refractivity contribution is -0.0811. The third-order valence-electron chi connectivity index (χ3n) is 1.52. The summed E-state index contributed by atoms with van der Waals surface area (Å²) in [7, 11) is -4.14. The Labute approximate surface area is 82.7 Å². The van der Waals surface area contributed by atoms with Gasteiger partial charge in [-0.3, -0.25) is 0 Å².